The minimum atomic E-state index is -0.0794. The zero-order valence-corrected chi connectivity index (χ0v) is 14.8. The summed E-state index contributed by atoms with van der Waals surface area (Å²) in [5, 5.41) is 0. The van der Waals surface area contributed by atoms with E-state index < -0.39 is 0 Å². The van der Waals surface area contributed by atoms with E-state index in [9.17, 15) is 4.79 Å². The highest BCUT2D eigenvalue weighted by Crippen LogP contribution is 2.32. The highest BCUT2D eigenvalue weighted by atomic mass is 16.5. The van der Waals surface area contributed by atoms with Crippen LogP contribution in [0.3, 0.4) is 0 Å². The molecule has 0 aliphatic carbocycles. The van der Waals surface area contributed by atoms with Gasteiger partial charge in [-0.15, -0.1) is 0 Å². The number of rotatable bonds is 5. The minimum Gasteiger partial charge on any atom is -0.496 e. The average molecular weight is 328 g/mol. The molecule has 6 nitrogen and oxygen atoms in total. The summed E-state index contributed by atoms with van der Waals surface area (Å²) >= 11 is 0. The molecule has 2 aromatic rings. The van der Waals surface area contributed by atoms with E-state index in [0.29, 0.717) is 11.3 Å². The van der Waals surface area contributed by atoms with Crippen molar-refractivity contribution in [2.45, 2.75) is 39.8 Å². The van der Waals surface area contributed by atoms with Gasteiger partial charge in [0.15, 0.2) is 0 Å². The van der Waals surface area contributed by atoms with E-state index in [1.807, 2.05) is 44.7 Å². The maximum absolute atomic E-state index is 13.2. The van der Waals surface area contributed by atoms with Gasteiger partial charge in [0.1, 0.15) is 5.75 Å². The number of carbonyl (C=O) groups is 1. The van der Waals surface area contributed by atoms with Crippen molar-refractivity contribution in [3.8, 4) is 16.9 Å². The summed E-state index contributed by atoms with van der Waals surface area (Å²) in [5.74, 6) is 0.644. The topological polar surface area (TPSA) is 81.3 Å². The fraction of sp³-hybridized carbons (Fsp3) is 0.389. The smallest absolute Gasteiger partial charge is 0.258 e. The number of aromatic nitrogens is 2. The molecule has 0 saturated heterocycles. The van der Waals surface area contributed by atoms with Crippen LogP contribution in [0.1, 0.15) is 38.1 Å². The minimum absolute atomic E-state index is 0.0675. The Morgan fingerprint density at radius 1 is 1.12 bits per heavy atom. The molecule has 1 aromatic heterocycles. The van der Waals surface area contributed by atoms with Gasteiger partial charge < -0.3 is 15.4 Å². The number of nitrogens with zero attached hydrogens (tertiary/aromatic N) is 3. The molecule has 1 aromatic carbocycles. The summed E-state index contributed by atoms with van der Waals surface area (Å²) in [6.07, 6.45) is 3.23. The van der Waals surface area contributed by atoms with Gasteiger partial charge in [0.2, 0.25) is 5.95 Å². The number of hydrogen-bond acceptors (Lipinski definition) is 5. The summed E-state index contributed by atoms with van der Waals surface area (Å²) in [7, 11) is 1.56. The van der Waals surface area contributed by atoms with Crippen molar-refractivity contribution in [1.82, 2.24) is 14.9 Å². The summed E-state index contributed by atoms with van der Waals surface area (Å²) in [6.45, 7) is 8.00. The van der Waals surface area contributed by atoms with Crippen molar-refractivity contribution in [1.29, 1.82) is 0 Å². The van der Waals surface area contributed by atoms with Crippen molar-refractivity contribution in [3.05, 3.63) is 36.2 Å². The SMILES string of the molecule is COc1cccc(-c2cnc(N)nc2)c1C(=O)N(C(C)C)C(C)C. The van der Waals surface area contributed by atoms with Crippen LogP contribution in [-0.2, 0) is 0 Å². The predicted molar refractivity (Wildman–Crippen MR) is 94.9 cm³/mol. The first-order chi connectivity index (χ1) is 11.4. The van der Waals surface area contributed by atoms with Crippen LogP contribution in [0.15, 0.2) is 30.6 Å². The monoisotopic (exact) mass is 328 g/mol. The molecule has 24 heavy (non-hydrogen) atoms. The maximum Gasteiger partial charge on any atom is 0.258 e. The molecule has 2 N–H and O–H groups in total. The second-order valence-electron chi connectivity index (χ2n) is 6.11. The van der Waals surface area contributed by atoms with Gasteiger partial charge in [-0.3, -0.25) is 4.79 Å². The highest BCUT2D eigenvalue weighted by molar-refractivity contribution is 6.03. The summed E-state index contributed by atoms with van der Waals surface area (Å²) in [4.78, 5) is 23.1. The second kappa shape index (κ2) is 7.29. The van der Waals surface area contributed by atoms with Crippen LogP contribution >= 0.6 is 0 Å². The van der Waals surface area contributed by atoms with E-state index >= 15 is 0 Å². The van der Waals surface area contributed by atoms with Gasteiger partial charge in [-0.2, -0.15) is 0 Å². The van der Waals surface area contributed by atoms with Crippen molar-refractivity contribution in [2.75, 3.05) is 12.8 Å². The molecular weight excluding hydrogens is 304 g/mol. The first-order valence-corrected chi connectivity index (χ1v) is 7.94. The molecule has 0 saturated carbocycles. The van der Waals surface area contributed by atoms with E-state index in [1.54, 1.807) is 25.6 Å². The first-order valence-electron chi connectivity index (χ1n) is 7.94. The van der Waals surface area contributed by atoms with Gasteiger partial charge in [-0.05, 0) is 33.8 Å². The lowest BCUT2D eigenvalue weighted by Gasteiger charge is -2.32. The molecule has 0 radical (unpaired) electrons. The van der Waals surface area contributed by atoms with Crippen LogP contribution < -0.4 is 10.5 Å². The predicted octanol–water partition coefficient (Wildman–Crippen LogP) is 2.99. The van der Waals surface area contributed by atoms with Gasteiger partial charge in [-0.1, -0.05) is 12.1 Å². The Labute approximate surface area is 142 Å². The first kappa shape index (κ1) is 17.7. The van der Waals surface area contributed by atoms with Crippen molar-refractivity contribution in [2.24, 2.45) is 0 Å². The number of benzene rings is 1. The molecule has 0 aliphatic heterocycles. The molecule has 0 atom stereocenters. The Kier molecular flexibility index (Phi) is 5.39. The Morgan fingerprint density at radius 3 is 2.21 bits per heavy atom. The van der Waals surface area contributed by atoms with Crippen LogP contribution in [0.5, 0.6) is 5.75 Å². The van der Waals surface area contributed by atoms with E-state index in [1.165, 1.54) is 0 Å². The molecule has 0 fully saturated rings. The molecule has 0 aliphatic rings. The van der Waals surface area contributed by atoms with Crippen molar-refractivity contribution >= 4 is 11.9 Å². The average Bonchev–Trinajstić information content (AvgIpc) is 2.54. The summed E-state index contributed by atoms with van der Waals surface area (Å²) in [6, 6.07) is 5.63. The normalized spacial score (nSPS) is 11.0. The van der Waals surface area contributed by atoms with Gasteiger partial charge in [0.05, 0.1) is 12.7 Å². The number of ether oxygens (including phenoxy) is 1. The quantitative estimate of drug-likeness (QED) is 0.912. The molecule has 1 amide bonds. The van der Waals surface area contributed by atoms with Crippen LogP contribution in [0.25, 0.3) is 11.1 Å². The van der Waals surface area contributed by atoms with Gasteiger partial charge >= 0.3 is 0 Å². The second-order valence-corrected chi connectivity index (χ2v) is 6.11. The number of nitrogens with two attached hydrogens (primary N) is 1. The maximum atomic E-state index is 13.2. The zero-order chi connectivity index (χ0) is 17.9. The Hall–Kier alpha value is -2.63. The van der Waals surface area contributed by atoms with Gasteiger partial charge in [0, 0.05) is 35.6 Å². The molecule has 0 unspecified atom stereocenters. The Balaban J connectivity index is 2.63. The number of carbonyl (C=O) groups excluding carboxylic acids is 1. The number of anilines is 1. The van der Waals surface area contributed by atoms with E-state index in [0.717, 1.165) is 11.1 Å². The molecule has 128 valence electrons. The third kappa shape index (κ3) is 3.48. The number of amides is 1. The molecule has 2 rings (SSSR count). The lowest BCUT2D eigenvalue weighted by atomic mass is 9.99. The molecule has 6 heteroatoms. The number of nitrogen functional groups attached to an aromatic ring is 1. The third-order valence-corrected chi connectivity index (χ3v) is 3.79. The van der Waals surface area contributed by atoms with Crippen LogP contribution in [0.4, 0.5) is 5.95 Å². The van der Waals surface area contributed by atoms with E-state index in [4.69, 9.17) is 10.5 Å². The summed E-state index contributed by atoms with van der Waals surface area (Å²) in [5.41, 5.74) is 7.52. The third-order valence-electron chi connectivity index (χ3n) is 3.79. The Morgan fingerprint density at radius 2 is 1.71 bits per heavy atom. The summed E-state index contributed by atoms with van der Waals surface area (Å²) < 4.78 is 5.45. The number of methoxy groups -OCH3 is 1. The zero-order valence-electron chi connectivity index (χ0n) is 14.8. The Bertz CT molecular complexity index is 703. The van der Waals surface area contributed by atoms with Gasteiger partial charge in [0.25, 0.3) is 5.91 Å². The van der Waals surface area contributed by atoms with Crippen molar-refractivity contribution < 1.29 is 9.53 Å². The molecular formula is C18H24N4O2. The lowest BCUT2D eigenvalue weighted by molar-refractivity contribution is 0.0641. The van der Waals surface area contributed by atoms with E-state index in [2.05, 4.69) is 9.97 Å². The molecule has 0 bridgehead atoms. The van der Waals surface area contributed by atoms with Crippen LogP contribution in [0.2, 0.25) is 0 Å². The lowest BCUT2D eigenvalue weighted by Crippen LogP contribution is -2.42. The van der Waals surface area contributed by atoms with Crippen LogP contribution in [-0.4, -0.2) is 40.0 Å². The number of hydrogen-bond donors (Lipinski definition) is 1. The molecule has 0 spiro atoms. The fourth-order valence-corrected chi connectivity index (χ4v) is 2.83. The largest absolute Gasteiger partial charge is 0.496 e. The fourth-order valence-electron chi connectivity index (χ4n) is 2.83. The highest BCUT2D eigenvalue weighted by Gasteiger charge is 2.27. The van der Waals surface area contributed by atoms with Gasteiger partial charge in [-0.25, -0.2) is 9.97 Å². The standard InChI is InChI=1S/C18H24N4O2/c1-11(2)22(12(3)4)17(23)16-14(7-6-8-15(16)24-5)13-9-20-18(19)21-10-13/h6-12H,1-5H3,(H2,19,20,21). The van der Waals surface area contributed by atoms with Crippen molar-refractivity contribution in [3.63, 3.8) is 0 Å². The molecule has 1 heterocycles. The van der Waals surface area contributed by atoms with E-state index in [-0.39, 0.29) is 23.9 Å². The van der Waals surface area contributed by atoms with Crippen LogP contribution in [0, 0.1) is 0 Å².